The maximum Gasteiger partial charge on any atom is 0.227 e. The van der Waals surface area contributed by atoms with E-state index < -0.39 is 0 Å². The molecule has 0 aliphatic carbocycles. The van der Waals surface area contributed by atoms with Crippen LogP contribution < -0.4 is 19.7 Å². The van der Waals surface area contributed by atoms with E-state index in [0.717, 1.165) is 22.6 Å². The molecule has 0 unspecified atom stereocenters. The van der Waals surface area contributed by atoms with Gasteiger partial charge in [0.1, 0.15) is 0 Å². The van der Waals surface area contributed by atoms with Gasteiger partial charge in [-0.2, -0.15) is 0 Å². The van der Waals surface area contributed by atoms with Crippen molar-refractivity contribution in [1.82, 2.24) is 4.98 Å². The first-order valence-electron chi connectivity index (χ1n) is 10.8. The number of fused-ring (bicyclic) bond motifs is 2. The minimum atomic E-state index is -0.0681. The molecule has 8 heteroatoms. The summed E-state index contributed by atoms with van der Waals surface area (Å²) < 4.78 is 10.7. The molecule has 0 spiro atoms. The number of amides is 1. The number of anilines is 3. The molecule has 1 aliphatic rings. The molecule has 1 aromatic heterocycles. The molecule has 0 atom stereocenters. The van der Waals surface area contributed by atoms with E-state index in [4.69, 9.17) is 9.47 Å². The van der Waals surface area contributed by atoms with Crippen LogP contribution in [0.5, 0.6) is 11.5 Å². The molecular weight excluding hydrogens is 466 g/mol. The van der Waals surface area contributed by atoms with Gasteiger partial charge in [-0.3, -0.25) is 4.79 Å². The van der Waals surface area contributed by atoms with Gasteiger partial charge in [-0.1, -0.05) is 36.0 Å². The molecule has 0 radical (unpaired) electrons. The number of nitrogens with one attached hydrogen (secondary N) is 1. The van der Waals surface area contributed by atoms with Crippen molar-refractivity contribution in [3.8, 4) is 22.8 Å². The summed E-state index contributed by atoms with van der Waals surface area (Å²) in [6.45, 7) is 0.578. The van der Waals surface area contributed by atoms with Crippen LogP contribution in [0.15, 0.2) is 81.9 Å². The second-order valence-corrected chi connectivity index (χ2v) is 9.54. The summed E-state index contributed by atoms with van der Waals surface area (Å²) in [6, 6.07) is 22.2. The van der Waals surface area contributed by atoms with Gasteiger partial charge in [0.15, 0.2) is 16.6 Å². The minimum absolute atomic E-state index is 0.0681. The molecular formula is C26H23N3O3S2. The summed E-state index contributed by atoms with van der Waals surface area (Å²) in [5.74, 6) is 1.23. The summed E-state index contributed by atoms with van der Waals surface area (Å²) >= 11 is 3.16. The molecule has 4 aromatic rings. The number of aromatic nitrogens is 1. The maximum absolute atomic E-state index is 12.8. The average Bonchev–Trinajstić information content (AvgIpc) is 3.34. The van der Waals surface area contributed by atoms with E-state index in [1.165, 1.54) is 21.1 Å². The van der Waals surface area contributed by atoms with Crippen LogP contribution in [0.25, 0.3) is 11.3 Å². The molecule has 3 aromatic carbocycles. The zero-order valence-electron chi connectivity index (χ0n) is 18.8. The number of hydrogen-bond donors (Lipinski definition) is 1. The number of ether oxygens (including phenoxy) is 2. The number of nitrogens with zero attached hydrogens (tertiary/aromatic N) is 2. The van der Waals surface area contributed by atoms with Crippen LogP contribution in [0.4, 0.5) is 16.5 Å². The highest BCUT2D eigenvalue weighted by atomic mass is 32.2. The molecule has 34 heavy (non-hydrogen) atoms. The van der Waals surface area contributed by atoms with E-state index in [0.29, 0.717) is 29.6 Å². The van der Waals surface area contributed by atoms with Gasteiger partial charge in [0.25, 0.3) is 0 Å². The number of carbonyl (C=O) groups excluding carboxylic acids is 1. The third-order valence-electron chi connectivity index (χ3n) is 5.52. The molecule has 1 N–H and O–H groups in total. The number of carbonyl (C=O) groups is 1. The SMILES string of the molecule is COc1ccc(-c2csc(NC(=O)CCN3c4ccccc4Sc4ccccc43)n2)cc1OC. The third-order valence-corrected chi connectivity index (χ3v) is 7.41. The number of para-hydroxylation sites is 2. The van der Waals surface area contributed by atoms with Crippen LogP contribution in [-0.4, -0.2) is 31.7 Å². The highest BCUT2D eigenvalue weighted by Crippen LogP contribution is 2.47. The lowest BCUT2D eigenvalue weighted by atomic mass is 10.1. The molecule has 1 amide bonds. The fraction of sp³-hybridized carbons (Fsp3) is 0.154. The second kappa shape index (κ2) is 9.79. The fourth-order valence-electron chi connectivity index (χ4n) is 3.88. The highest BCUT2D eigenvalue weighted by molar-refractivity contribution is 7.99. The van der Waals surface area contributed by atoms with Gasteiger partial charge < -0.3 is 19.7 Å². The van der Waals surface area contributed by atoms with Gasteiger partial charge >= 0.3 is 0 Å². The highest BCUT2D eigenvalue weighted by Gasteiger charge is 2.23. The first kappa shape index (κ1) is 22.3. The summed E-state index contributed by atoms with van der Waals surface area (Å²) in [4.78, 5) is 22.0. The molecule has 0 saturated heterocycles. The van der Waals surface area contributed by atoms with E-state index in [1.807, 2.05) is 47.8 Å². The normalized spacial score (nSPS) is 12.0. The molecule has 0 saturated carbocycles. The van der Waals surface area contributed by atoms with Crippen LogP contribution in [0, 0.1) is 0 Å². The standard InChI is InChI=1S/C26H23N3O3S2/c1-31-21-12-11-17(15-22(21)32-2)18-16-33-26(27-18)28-25(30)13-14-29-19-7-3-5-9-23(19)34-24-10-6-4-8-20(24)29/h3-12,15-16H,13-14H2,1-2H3,(H,27,28,30). The van der Waals surface area contributed by atoms with E-state index in [9.17, 15) is 4.79 Å². The zero-order valence-corrected chi connectivity index (χ0v) is 20.4. The van der Waals surface area contributed by atoms with Crippen molar-refractivity contribution < 1.29 is 14.3 Å². The number of thiazole rings is 1. The van der Waals surface area contributed by atoms with Crippen LogP contribution >= 0.6 is 23.1 Å². The van der Waals surface area contributed by atoms with E-state index in [-0.39, 0.29) is 5.91 Å². The Morgan fingerprint density at radius 1 is 0.941 bits per heavy atom. The van der Waals surface area contributed by atoms with Crippen LogP contribution in [0.3, 0.4) is 0 Å². The Morgan fingerprint density at radius 3 is 2.29 bits per heavy atom. The van der Waals surface area contributed by atoms with Gasteiger partial charge in [0, 0.05) is 33.7 Å². The van der Waals surface area contributed by atoms with Crippen molar-refractivity contribution >= 4 is 45.5 Å². The third kappa shape index (κ3) is 4.47. The number of rotatable bonds is 7. The predicted molar refractivity (Wildman–Crippen MR) is 138 cm³/mol. The van der Waals surface area contributed by atoms with Crippen LogP contribution in [-0.2, 0) is 4.79 Å². The van der Waals surface area contributed by atoms with Gasteiger partial charge in [0.2, 0.25) is 5.91 Å². The Hall–Kier alpha value is -3.49. The monoisotopic (exact) mass is 489 g/mol. The second-order valence-electron chi connectivity index (χ2n) is 7.59. The topological polar surface area (TPSA) is 63.7 Å². The zero-order chi connectivity index (χ0) is 23.5. The van der Waals surface area contributed by atoms with Crippen LogP contribution in [0.2, 0.25) is 0 Å². The molecule has 2 heterocycles. The Labute approximate surface area is 206 Å². The Morgan fingerprint density at radius 2 is 1.62 bits per heavy atom. The molecule has 0 bridgehead atoms. The fourth-order valence-corrected chi connectivity index (χ4v) is 5.71. The van der Waals surface area contributed by atoms with Gasteiger partial charge in [-0.15, -0.1) is 11.3 Å². The average molecular weight is 490 g/mol. The molecule has 0 fully saturated rings. The first-order chi connectivity index (χ1) is 16.7. The quantitative estimate of drug-likeness (QED) is 0.321. The lowest BCUT2D eigenvalue weighted by Crippen LogP contribution is -2.25. The molecule has 172 valence electrons. The van der Waals surface area contributed by atoms with Crippen molar-refractivity contribution in [1.29, 1.82) is 0 Å². The van der Waals surface area contributed by atoms with Crippen molar-refractivity contribution in [2.24, 2.45) is 0 Å². The van der Waals surface area contributed by atoms with E-state index in [1.54, 1.807) is 26.0 Å². The maximum atomic E-state index is 12.8. The van der Waals surface area contributed by atoms with E-state index >= 15 is 0 Å². The summed E-state index contributed by atoms with van der Waals surface area (Å²) in [5.41, 5.74) is 3.93. The lowest BCUT2D eigenvalue weighted by Gasteiger charge is -2.32. The van der Waals surface area contributed by atoms with Crippen LogP contribution in [0.1, 0.15) is 6.42 Å². The van der Waals surface area contributed by atoms with Gasteiger partial charge in [0.05, 0.1) is 31.3 Å². The number of methoxy groups -OCH3 is 2. The van der Waals surface area contributed by atoms with Crippen molar-refractivity contribution in [2.75, 3.05) is 31.0 Å². The van der Waals surface area contributed by atoms with Gasteiger partial charge in [-0.25, -0.2) is 4.98 Å². The molecule has 1 aliphatic heterocycles. The van der Waals surface area contributed by atoms with E-state index in [2.05, 4.69) is 39.5 Å². The first-order valence-corrected chi connectivity index (χ1v) is 12.5. The molecule has 5 rings (SSSR count). The number of benzene rings is 3. The molecule has 6 nitrogen and oxygen atoms in total. The summed E-state index contributed by atoms with van der Waals surface area (Å²) in [6.07, 6.45) is 0.346. The van der Waals surface area contributed by atoms with Crippen molar-refractivity contribution in [3.05, 3.63) is 72.1 Å². The number of hydrogen-bond acceptors (Lipinski definition) is 7. The van der Waals surface area contributed by atoms with Crippen molar-refractivity contribution in [2.45, 2.75) is 16.2 Å². The van der Waals surface area contributed by atoms with Crippen molar-refractivity contribution in [3.63, 3.8) is 0 Å². The Kier molecular flexibility index (Phi) is 6.42. The lowest BCUT2D eigenvalue weighted by molar-refractivity contribution is -0.116. The minimum Gasteiger partial charge on any atom is -0.493 e. The Balaban J connectivity index is 1.27. The predicted octanol–water partition coefficient (Wildman–Crippen LogP) is 6.46. The Bertz CT molecular complexity index is 1290. The summed E-state index contributed by atoms with van der Waals surface area (Å²) in [7, 11) is 3.21. The summed E-state index contributed by atoms with van der Waals surface area (Å²) in [5, 5.41) is 5.45. The van der Waals surface area contributed by atoms with Gasteiger partial charge in [-0.05, 0) is 42.5 Å². The largest absolute Gasteiger partial charge is 0.493 e. The smallest absolute Gasteiger partial charge is 0.227 e.